The van der Waals surface area contributed by atoms with E-state index in [-0.39, 0.29) is 11.7 Å². The van der Waals surface area contributed by atoms with Crippen molar-refractivity contribution in [2.45, 2.75) is 26.2 Å². The number of fused-ring (bicyclic) bond motifs is 2. The molecule has 7 heteroatoms. The Balaban J connectivity index is 1.34. The number of benzene rings is 1. The maximum absolute atomic E-state index is 13.1. The molecule has 28 heavy (non-hydrogen) atoms. The third kappa shape index (κ3) is 2.69. The number of carbonyl (C=O) groups excluding carboxylic acids is 2. The summed E-state index contributed by atoms with van der Waals surface area (Å²) in [6, 6.07) is 8.25. The molecular formula is C21H21N3O4. The minimum atomic E-state index is -0.116. The molecular weight excluding hydrogens is 358 g/mol. The van der Waals surface area contributed by atoms with Gasteiger partial charge in [-0.1, -0.05) is 12.1 Å². The lowest BCUT2D eigenvalue weighted by Crippen LogP contribution is -2.49. The van der Waals surface area contributed by atoms with E-state index in [0.29, 0.717) is 61.3 Å². The molecule has 1 amide bonds. The number of oxazole rings is 1. The van der Waals surface area contributed by atoms with Crippen LogP contribution in [0.4, 0.5) is 6.01 Å². The average molecular weight is 379 g/mol. The van der Waals surface area contributed by atoms with Gasteiger partial charge in [-0.2, -0.15) is 4.98 Å². The first-order chi connectivity index (χ1) is 13.6. The van der Waals surface area contributed by atoms with Crippen molar-refractivity contribution in [2.24, 2.45) is 0 Å². The predicted octanol–water partition coefficient (Wildman–Crippen LogP) is 3.21. The lowest BCUT2D eigenvalue weighted by Gasteiger charge is -2.34. The van der Waals surface area contributed by atoms with Gasteiger partial charge in [-0.25, -0.2) is 0 Å². The number of rotatable bonds is 2. The van der Waals surface area contributed by atoms with Gasteiger partial charge in [-0.3, -0.25) is 9.59 Å². The molecule has 3 heterocycles. The molecule has 1 aromatic carbocycles. The molecule has 1 fully saturated rings. The van der Waals surface area contributed by atoms with Gasteiger partial charge >= 0.3 is 0 Å². The lowest BCUT2D eigenvalue weighted by atomic mass is 9.93. The van der Waals surface area contributed by atoms with E-state index in [1.54, 1.807) is 11.8 Å². The van der Waals surface area contributed by atoms with Gasteiger partial charge in [0.25, 0.3) is 11.9 Å². The minimum absolute atomic E-state index is 0.0200. The molecule has 7 nitrogen and oxygen atoms in total. The summed E-state index contributed by atoms with van der Waals surface area (Å²) in [5.74, 6) is 1.12. The predicted molar refractivity (Wildman–Crippen MR) is 103 cm³/mol. The van der Waals surface area contributed by atoms with Gasteiger partial charge in [-0.15, -0.1) is 0 Å². The van der Waals surface area contributed by atoms with Crippen molar-refractivity contribution in [3.63, 3.8) is 0 Å². The number of carbonyl (C=O) groups is 2. The highest BCUT2D eigenvalue weighted by Gasteiger charge is 2.34. The second-order valence-electron chi connectivity index (χ2n) is 7.35. The molecule has 1 saturated heterocycles. The molecule has 1 aliphatic heterocycles. The van der Waals surface area contributed by atoms with E-state index in [1.165, 1.54) is 0 Å². The number of anilines is 1. The van der Waals surface area contributed by atoms with E-state index in [4.69, 9.17) is 8.83 Å². The Morgan fingerprint density at radius 3 is 2.64 bits per heavy atom. The lowest BCUT2D eigenvalue weighted by molar-refractivity contribution is 0.0738. The largest absolute Gasteiger partial charge is 0.465 e. The second-order valence-corrected chi connectivity index (χ2v) is 7.35. The van der Waals surface area contributed by atoms with E-state index in [0.717, 1.165) is 23.9 Å². The van der Waals surface area contributed by atoms with Crippen molar-refractivity contribution in [2.75, 3.05) is 31.1 Å². The van der Waals surface area contributed by atoms with Crippen molar-refractivity contribution >= 4 is 28.8 Å². The van der Waals surface area contributed by atoms with Crippen molar-refractivity contribution < 1.29 is 18.4 Å². The summed E-state index contributed by atoms with van der Waals surface area (Å²) in [7, 11) is 0. The Bertz CT molecular complexity index is 1040. The van der Waals surface area contributed by atoms with Crippen LogP contribution in [0.5, 0.6) is 0 Å². The second kappa shape index (κ2) is 6.51. The monoisotopic (exact) mass is 379 g/mol. The zero-order valence-corrected chi connectivity index (χ0v) is 15.7. The van der Waals surface area contributed by atoms with Gasteiger partial charge in [-0.05, 0) is 25.5 Å². The Kier molecular flexibility index (Phi) is 3.96. The van der Waals surface area contributed by atoms with Crippen LogP contribution in [-0.2, 0) is 6.42 Å². The minimum Gasteiger partial charge on any atom is -0.465 e. The third-order valence-electron chi connectivity index (χ3n) is 5.58. The summed E-state index contributed by atoms with van der Waals surface area (Å²) in [6.07, 6.45) is 1.99. The standard InChI is InChI=1S/C21H21N3O4/c1-13-18(19-15(25)6-4-8-17(19)27-13)20(26)23-9-11-24(12-10-23)21-22-14-5-2-3-7-16(14)28-21/h2-3,5,7H,4,6,8-12H2,1H3. The van der Waals surface area contributed by atoms with Gasteiger partial charge in [0.15, 0.2) is 11.4 Å². The molecule has 1 aliphatic carbocycles. The van der Waals surface area contributed by atoms with Crippen LogP contribution in [0.15, 0.2) is 33.1 Å². The maximum atomic E-state index is 13.1. The van der Waals surface area contributed by atoms with Crippen LogP contribution in [0.2, 0.25) is 0 Å². The summed E-state index contributed by atoms with van der Waals surface area (Å²) in [5.41, 5.74) is 2.55. The van der Waals surface area contributed by atoms with E-state index in [1.807, 2.05) is 29.2 Å². The van der Waals surface area contributed by atoms with Gasteiger partial charge in [0.2, 0.25) is 0 Å². The highest BCUT2D eigenvalue weighted by atomic mass is 16.4. The zero-order valence-electron chi connectivity index (χ0n) is 15.7. The first-order valence-electron chi connectivity index (χ1n) is 9.67. The Morgan fingerprint density at radius 1 is 1.07 bits per heavy atom. The van der Waals surface area contributed by atoms with Crippen LogP contribution in [-0.4, -0.2) is 47.8 Å². The van der Waals surface area contributed by atoms with E-state index >= 15 is 0 Å². The number of Topliss-reactive ketones (excluding diaryl/α,β-unsaturated/α-hetero) is 1. The number of aryl methyl sites for hydroxylation is 2. The molecule has 5 rings (SSSR count). The Morgan fingerprint density at radius 2 is 1.86 bits per heavy atom. The summed E-state index contributed by atoms with van der Waals surface area (Å²) < 4.78 is 11.6. The molecule has 0 bridgehead atoms. The number of hydrogen-bond donors (Lipinski definition) is 0. The molecule has 3 aromatic rings. The van der Waals surface area contributed by atoms with Crippen LogP contribution in [0.3, 0.4) is 0 Å². The quantitative estimate of drug-likeness (QED) is 0.680. The van der Waals surface area contributed by atoms with Gasteiger partial charge in [0, 0.05) is 39.0 Å². The molecule has 0 saturated carbocycles. The average Bonchev–Trinajstić information content (AvgIpc) is 3.29. The van der Waals surface area contributed by atoms with E-state index in [2.05, 4.69) is 4.98 Å². The van der Waals surface area contributed by atoms with E-state index in [9.17, 15) is 9.59 Å². The highest BCUT2D eigenvalue weighted by Crippen LogP contribution is 2.31. The van der Waals surface area contributed by atoms with Crippen molar-refractivity contribution in [3.05, 3.63) is 46.9 Å². The number of piperazine rings is 1. The topological polar surface area (TPSA) is 79.8 Å². The summed E-state index contributed by atoms with van der Waals surface area (Å²) >= 11 is 0. The number of aromatic nitrogens is 1. The molecule has 2 aromatic heterocycles. The summed E-state index contributed by atoms with van der Waals surface area (Å²) in [4.78, 5) is 33.9. The number of amides is 1. The van der Waals surface area contributed by atoms with Crippen molar-refractivity contribution in [1.82, 2.24) is 9.88 Å². The zero-order chi connectivity index (χ0) is 19.3. The van der Waals surface area contributed by atoms with Crippen molar-refractivity contribution in [1.29, 1.82) is 0 Å². The SMILES string of the molecule is Cc1oc2c(c1C(=O)N1CCN(c3nc4ccccc4o3)CC1)C(=O)CCC2. The molecule has 0 atom stereocenters. The molecule has 2 aliphatic rings. The summed E-state index contributed by atoms with van der Waals surface area (Å²) in [6.45, 7) is 4.13. The first kappa shape index (κ1) is 17.0. The Hall–Kier alpha value is -3.09. The smallest absolute Gasteiger partial charge is 0.298 e. The van der Waals surface area contributed by atoms with Crippen LogP contribution < -0.4 is 4.90 Å². The van der Waals surface area contributed by atoms with E-state index < -0.39 is 0 Å². The van der Waals surface area contributed by atoms with Crippen LogP contribution >= 0.6 is 0 Å². The molecule has 144 valence electrons. The normalized spacial score (nSPS) is 17.2. The third-order valence-corrected chi connectivity index (χ3v) is 5.58. The van der Waals surface area contributed by atoms with Gasteiger partial charge in [0.1, 0.15) is 17.0 Å². The molecule has 0 unspecified atom stereocenters. The fraction of sp³-hybridized carbons (Fsp3) is 0.381. The van der Waals surface area contributed by atoms with Crippen LogP contribution in [0.25, 0.3) is 11.1 Å². The molecule has 0 N–H and O–H groups in total. The first-order valence-corrected chi connectivity index (χ1v) is 9.67. The number of nitrogens with zero attached hydrogens (tertiary/aromatic N) is 3. The fourth-order valence-electron chi connectivity index (χ4n) is 4.12. The Labute approximate surface area is 161 Å². The highest BCUT2D eigenvalue weighted by molar-refractivity contribution is 6.10. The van der Waals surface area contributed by atoms with Crippen LogP contribution in [0.1, 0.15) is 45.1 Å². The number of hydrogen-bond acceptors (Lipinski definition) is 6. The fourth-order valence-corrected chi connectivity index (χ4v) is 4.12. The van der Waals surface area contributed by atoms with Gasteiger partial charge in [0.05, 0.1) is 11.1 Å². The van der Waals surface area contributed by atoms with Crippen molar-refractivity contribution in [3.8, 4) is 0 Å². The van der Waals surface area contributed by atoms with Gasteiger partial charge < -0.3 is 18.6 Å². The summed E-state index contributed by atoms with van der Waals surface area (Å²) in [5, 5.41) is 0. The number of para-hydroxylation sites is 2. The van der Waals surface area contributed by atoms with Crippen LogP contribution in [0, 0.1) is 6.92 Å². The number of furan rings is 1. The number of ketones is 1. The molecule has 0 radical (unpaired) electrons. The molecule has 0 spiro atoms. The maximum Gasteiger partial charge on any atom is 0.298 e.